The molecule has 2 aromatic rings. The molecule has 0 amide bonds. The summed E-state index contributed by atoms with van der Waals surface area (Å²) in [6, 6.07) is 12.9. The van der Waals surface area contributed by atoms with Gasteiger partial charge in [0.1, 0.15) is 0 Å². The van der Waals surface area contributed by atoms with Crippen molar-refractivity contribution >= 4 is 31.8 Å². The monoisotopic (exact) mass is 471 g/mol. The molecule has 1 aliphatic carbocycles. The first-order valence-electron chi connectivity index (χ1n) is 10.1. The highest BCUT2D eigenvalue weighted by Gasteiger charge is 2.56. The van der Waals surface area contributed by atoms with Crippen molar-refractivity contribution in [2.24, 2.45) is 5.14 Å². The first kappa shape index (κ1) is 22.5. The van der Waals surface area contributed by atoms with E-state index in [1.54, 1.807) is 24.3 Å². The number of hydrogen-bond acceptors (Lipinski definition) is 5. The average molecular weight is 472 g/mol. The maximum atomic E-state index is 13.7. The number of hydrogen-bond donors (Lipinski definition) is 3. The molecule has 168 valence electrons. The van der Waals surface area contributed by atoms with Crippen LogP contribution in [0.1, 0.15) is 28.7 Å². The van der Waals surface area contributed by atoms with Gasteiger partial charge in [0, 0.05) is 19.5 Å². The first-order chi connectivity index (χ1) is 15.1. The van der Waals surface area contributed by atoms with Crippen molar-refractivity contribution in [2.45, 2.75) is 30.5 Å². The minimum Gasteiger partial charge on any atom is -0.309 e. The zero-order chi connectivity index (χ0) is 23.0. The van der Waals surface area contributed by atoms with Crippen molar-refractivity contribution in [1.29, 1.82) is 0 Å². The zero-order valence-corrected chi connectivity index (χ0v) is 19.2. The second-order valence-corrected chi connectivity index (χ2v) is 11.9. The van der Waals surface area contributed by atoms with Crippen LogP contribution >= 0.6 is 0 Å². The largest absolute Gasteiger partial charge is 0.309 e. The number of anilines is 1. The van der Waals surface area contributed by atoms with Gasteiger partial charge >= 0.3 is 0 Å². The number of rotatable bonds is 6. The van der Waals surface area contributed by atoms with Crippen LogP contribution in [0.15, 0.2) is 72.3 Å². The van der Waals surface area contributed by atoms with Crippen LogP contribution in [-0.4, -0.2) is 20.9 Å². The second kappa shape index (κ2) is 8.32. The zero-order valence-electron chi connectivity index (χ0n) is 17.6. The lowest BCUT2D eigenvalue weighted by molar-refractivity contribution is 0.558. The summed E-state index contributed by atoms with van der Waals surface area (Å²) in [6.45, 7) is 3.08. The van der Waals surface area contributed by atoms with Crippen LogP contribution in [-0.2, 0) is 33.1 Å². The van der Waals surface area contributed by atoms with E-state index in [1.165, 1.54) is 18.2 Å². The predicted molar refractivity (Wildman–Crippen MR) is 127 cm³/mol. The van der Waals surface area contributed by atoms with Crippen molar-refractivity contribution in [3.63, 3.8) is 0 Å². The van der Waals surface area contributed by atoms with Crippen LogP contribution in [0.5, 0.6) is 0 Å². The fraction of sp³-hybridized carbons (Fsp3) is 0.217. The van der Waals surface area contributed by atoms with E-state index in [1.807, 2.05) is 37.3 Å². The molecular formula is C23H25N3O4S2. The average Bonchev–Trinajstić information content (AvgIpc) is 3.22. The van der Waals surface area contributed by atoms with Crippen LogP contribution in [0.4, 0.5) is 5.69 Å². The van der Waals surface area contributed by atoms with Gasteiger partial charge in [0.2, 0.25) is 14.1 Å². The Morgan fingerprint density at radius 2 is 1.78 bits per heavy atom. The van der Waals surface area contributed by atoms with Crippen molar-refractivity contribution in [3.8, 4) is 0 Å². The Hall–Kier alpha value is -2.72. The normalized spacial score (nSPS) is 20.9. The van der Waals surface area contributed by atoms with Gasteiger partial charge < -0.3 is 5.32 Å². The summed E-state index contributed by atoms with van der Waals surface area (Å²) in [6.07, 6.45) is 7.52. The van der Waals surface area contributed by atoms with Gasteiger partial charge in [-0.25, -0.2) is 22.0 Å². The predicted octanol–water partition coefficient (Wildman–Crippen LogP) is 2.92. The Balaban J connectivity index is 1.79. The fourth-order valence-electron chi connectivity index (χ4n) is 4.04. The minimum absolute atomic E-state index is 0.0845. The molecule has 0 saturated heterocycles. The van der Waals surface area contributed by atoms with Gasteiger partial charge in [-0.2, -0.15) is 0 Å². The van der Waals surface area contributed by atoms with E-state index in [2.05, 4.69) is 10.0 Å². The molecule has 2 aliphatic rings. The smallest absolute Gasteiger partial charge is 0.259 e. The Morgan fingerprint density at radius 3 is 2.50 bits per heavy atom. The summed E-state index contributed by atoms with van der Waals surface area (Å²) in [5.74, 6) is 0. The quantitative estimate of drug-likeness (QED) is 0.599. The number of sulfonamides is 2. The van der Waals surface area contributed by atoms with Crippen molar-refractivity contribution in [3.05, 3.63) is 94.6 Å². The lowest BCUT2D eigenvalue weighted by atomic mass is 10.0. The molecule has 1 aliphatic heterocycles. The molecule has 4 rings (SSSR count). The Labute approximate surface area is 188 Å². The third-order valence-electron chi connectivity index (χ3n) is 5.80. The number of allylic oxidation sites excluding steroid dienone is 4. The molecular weight excluding hydrogens is 446 g/mol. The van der Waals surface area contributed by atoms with E-state index in [0.29, 0.717) is 18.8 Å². The number of benzene rings is 2. The van der Waals surface area contributed by atoms with E-state index < -0.39 is 24.1 Å². The van der Waals surface area contributed by atoms with Crippen molar-refractivity contribution in [1.82, 2.24) is 5.32 Å². The van der Waals surface area contributed by atoms with Gasteiger partial charge in [-0.1, -0.05) is 72.3 Å². The molecule has 0 saturated carbocycles. The molecule has 9 heteroatoms. The third kappa shape index (κ3) is 3.93. The van der Waals surface area contributed by atoms with Gasteiger partial charge in [0.15, 0.2) is 0 Å². The van der Waals surface area contributed by atoms with Crippen LogP contribution in [0, 0.1) is 6.92 Å². The van der Waals surface area contributed by atoms with E-state index in [4.69, 9.17) is 5.14 Å². The number of aryl methyl sites for hydroxylation is 1. The van der Waals surface area contributed by atoms with Crippen LogP contribution in [0.25, 0.3) is 6.08 Å². The van der Waals surface area contributed by atoms with Crippen LogP contribution in [0.2, 0.25) is 0 Å². The van der Waals surface area contributed by atoms with E-state index in [-0.39, 0.29) is 12.0 Å². The van der Waals surface area contributed by atoms with E-state index >= 15 is 0 Å². The SMILES string of the molecule is Cc1ccc(C=CC2=CC=CCC2(S(N)(=O)=O)S(=O)(=O)Nc2cccc3c2CNC3)cc1. The Kier molecular flexibility index (Phi) is 5.85. The first-order valence-corrected chi connectivity index (χ1v) is 13.2. The highest BCUT2D eigenvalue weighted by Crippen LogP contribution is 2.40. The molecule has 4 N–H and O–H groups in total. The number of nitrogens with one attached hydrogen (secondary N) is 2. The lowest BCUT2D eigenvalue weighted by Gasteiger charge is -2.33. The van der Waals surface area contributed by atoms with Crippen LogP contribution < -0.4 is 15.2 Å². The number of nitrogens with two attached hydrogens (primary N) is 1. The molecule has 1 atom stereocenters. The highest BCUT2D eigenvalue weighted by atomic mass is 32.3. The lowest BCUT2D eigenvalue weighted by Crippen LogP contribution is -2.53. The number of fused-ring (bicyclic) bond motifs is 1. The summed E-state index contributed by atoms with van der Waals surface area (Å²) in [5.41, 5.74) is 4.10. The fourth-order valence-corrected chi connectivity index (χ4v) is 7.59. The summed E-state index contributed by atoms with van der Waals surface area (Å²) < 4.78 is 53.3. The molecule has 0 aromatic heterocycles. The molecule has 0 fully saturated rings. The van der Waals surface area contributed by atoms with E-state index in [0.717, 1.165) is 22.3 Å². The van der Waals surface area contributed by atoms with Crippen molar-refractivity contribution in [2.75, 3.05) is 4.72 Å². The van der Waals surface area contributed by atoms with Gasteiger partial charge in [0.05, 0.1) is 5.69 Å². The maximum Gasteiger partial charge on any atom is 0.259 e. The summed E-state index contributed by atoms with van der Waals surface area (Å²) in [5, 5.41) is 8.78. The third-order valence-corrected chi connectivity index (χ3v) is 10.2. The Morgan fingerprint density at radius 1 is 1.03 bits per heavy atom. The summed E-state index contributed by atoms with van der Waals surface area (Å²) >= 11 is 0. The van der Waals surface area contributed by atoms with Gasteiger partial charge in [-0.05, 0) is 35.3 Å². The maximum absolute atomic E-state index is 13.7. The molecule has 0 spiro atoms. The van der Waals surface area contributed by atoms with Gasteiger partial charge in [-0.3, -0.25) is 4.72 Å². The minimum atomic E-state index is -4.58. The molecule has 0 bridgehead atoms. The number of primary sulfonamides is 1. The van der Waals surface area contributed by atoms with E-state index in [9.17, 15) is 16.8 Å². The molecule has 0 radical (unpaired) electrons. The Bertz CT molecular complexity index is 1340. The summed E-state index contributed by atoms with van der Waals surface area (Å²) in [7, 11) is -9.08. The highest BCUT2D eigenvalue weighted by molar-refractivity contribution is 8.10. The molecule has 2 aromatic carbocycles. The second-order valence-electron chi connectivity index (χ2n) is 7.95. The topological polar surface area (TPSA) is 118 Å². The van der Waals surface area contributed by atoms with Gasteiger partial charge in [0.25, 0.3) is 10.0 Å². The van der Waals surface area contributed by atoms with Crippen molar-refractivity contribution < 1.29 is 16.8 Å². The summed E-state index contributed by atoms with van der Waals surface area (Å²) in [4.78, 5) is 0. The molecule has 32 heavy (non-hydrogen) atoms. The van der Waals surface area contributed by atoms with Gasteiger partial charge in [-0.15, -0.1) is 0 Å². The molecule has 7 nitrogen and oxygen atoms in total. The van der Waals surface area contributed by atoms with Crippen LogP contribution in [0.3, 0.4) is 0 Å². The standard InChI is InChI=1S/C23H25N3O4S2/c1-17-8-10-18(11-9-17)12-13-20-6-2-3-14-23(20,31(24,27)28)32(29,30)26-22-7-4-5-19-15-25-16-21(19)22/h2-13,25-26H,14-16H2,1H3,(H2,24,27,28). The molecule has 1 unspecified atom stereocenters. The molecule has 1 heterocycles.